The number of carbonyl (C=O) groups is 1. The van der Waals surface area contributed by atoms with E-state index in [4.69, 9.17) is 5.73 Å². The van der Waals surface area contributed by atoms with Gasteiger partial charge in [0.1, 0.15) is 0 Å². The van der Waals surface area contributed by atoms with Crippen LogP contribution in [0.1, 0.15) is 6.92 Å². The normalized spacial score (nSPS) is 6.44. The highest BCUT2D eigenvalue weighted by Crippen LogP contribution is 1.69. The van der Waals surface area contributed by atoms with E-state index in [9.17, 15) is 4.79 Å². The Labute approximate surface area is 66.8 Å². The monoisotopic (exact) mass is 175 g/mol. The molecule has 0 aromatic carbocycles. The van der Waals surface area contributed by atoms with Crippen molar-refractivity contribution in [3.63, 3.8) is 0 Å². The highest BCUT2D eigenvalue weighted by molar-refractivity contribution is 5.85. The van der Waals surface area contributed by atoms with Gasteiger partial charge in [-0.15, -0.1) is 24.8 Å². The summed E-state index contributed by atoms with van der Waals surface area (Å²) >= 11 is 0. The van der Waals surface area contributed by atoms with E-state index in [2.05, 4.69) is 4.74 Å². The van der Waals surface area contributed by atoms with Crippen molar-refractivity contribution in [3.05, 3.63) is 0 Å². The minimum absolute atomic E-state index is 0. The van der Waals surface area contributed by atoms with Crippen molar-refractivity contribution in [1.29, 1.82) is 0 Å². The number of hydrogen-bond acceptors (Lipinski definition) is 3. The number of esters is 1. The molecule has 0 aliphatic rings. The molecule has 0 atom stereocenters. The van der Waals surface area contributed by atoms with Gasteiger partial charge in [0.15, 0.2) is 0 Å². The van der Waals surface area contributed by atoms with Gasteiger partial charge >= 0.3 is 5.97 Å². The first-order valence-corrected chi connectivity index (χ1v) is 2.17. The second kappa shape index (κ2) is 10.9. The molecule has 0 aromatic heterocycles. The Bertz CT molecular complexity index is 69.6. The van der Waals surface area contributed by atoms with E-state index < -0.39 is 0 Å². The van der Waals surface area contributed by atoms with Crippen molar-refractivity contribution in [2.45, 2.75) is 6.92 Å². The van der Waals surface area contributed by atoms with E-state index in [0.29, 0.717) is 6.61 Å². The SMILES string of the molecule is CCOC(=O)CN.Cl.Cl. The van der Waals surface area contributed by atoms with Gasteiger partial charge in [0.25, 0.3) is 0 Å². The highest BCUT2D eigenvalue weighted by Gasteiger charge is 1.91. The molecule has 0 bridgehead atoms. The number of hydrogen-bond donors (Lipinski definition) is 1. The van der Waals surface area contributed by atoms with Gasteiger partial charge in [0.2, 0.25) is 0 Å². The average Bonchev–Trinajstić information content (AvgIpc) is 1.68. The minimum atomic E-state index is -0.345. The zero-order valence-corrected chi connectivity index (χ0v) is 6.76. The Morgan fingerprint density at radius 3 is 2.11 bits per heavy atom. The molecule has 0 saturated carbocycles. The fourth-order valence-electron chi connectivity index (χ4n) is 0.220. The van der Waals surface area contributed by atoms with Crippen LogP contribution in [0.2, 0.25) is 0 Å². The molecule has 0 rings (SSSR count). The molecular formula is C4H11Cl2NO2. The summed E-state index contributed by atoms with van der Waals surface area (Å²) in [5.74, 6) is -0.345. The van der Waals surface area contributed by atoms with E-state index in [-0.39, 0.29) is 37.3 Å². The lowest BCUT2D eigenvalue weighted by Crippen LogP contribution is -2.16. The highest BCUT2D eigenvalue weighted by atomic mass is 35.5. The first-order valence-electron chi connectivity index (χ1n) is 2.17. The fraction of sp³-hybridized carbons (Fsp3) is 0.750. The molecule has 0 aliphatic heterocycles. The molecule has 0 unspecified atom stereocenters. The van der Waals surface area contributed by atoms with E-state index in [1.54, 1.807) is 6.92 Å². The molecule has 0 saturated heterocycles. The van der Waals surface area contributed by atoms with Gasteiger partial charge in [-0.1, -0.05) is 0 Å². The molecule has 0 spiro atoms. The van der Waals surface area contributed by atoms with Crippen LogP contribution in [0.4, 0.5) is 0 Å². The second-order valence-electron chi connectivity index (χ2n) is 1.01. The minimum Gasteiger partial charge on any atom is -0.465 e. The van der Waals surface area contributed by atoms with Crippen LogP contribution in [0.25, 0.3) is 0 Å². The quantitative estimate of drug-likeness (QED) is 0.617. The van der Waals surface area contributed by atoms with Gasteiger partial charge in [-0.25, -0.2) is 0 Å². The van der Waals surface area contributed by atoms with Crippen molar-refractivity contribution < 1.29 is 9.53 Å². The van der Waals surface area contributed by atoms with E-state index in [1.807, 2.05) is 0 Å². The van der Waals surface area contributed by atoms with Crippen molar-refractivity contribution in [2.24, 2.45) is 5.73 Å². The van der Waals surface area contributed by atoms with Crippen LogP contribution in [0.15, 0.2) is 0 Å². The largest absolute Gasteiger partial charge is 0.465 e. The second-order valence-corrected chi connectivity index (χ2v) is 1.01. The lowest BCUT2D eigenvalue weighted by Gasteiger charge is -1.93. The molecule has 3 nitrogen and oxygen atoms in total. The third-order valence-electron chi connectivity index (χ3n) is 0.472. The molecule has 2 N–H and O–H groups in total. The number of halogens is 2. The van der Waals surface area contributed by atoms with E-state index >= 15 is 0 Å². The van der Waals surface area contributed by atoms with Gasteiger partial charge in [-0.3, -0.25) is 4.79 Å². The van der Waals surface area contributed by atoms with Crippen LogP contribution in [-0.2, 0) is 9.53 Å². The Hall–Kier alpha value is 0.01000. The smallest absolute Gasteiger partial charge is 0.319 e. The number of ether oxygens (including phenoxy) is 1. The maximum atomic E-state index is 10.1. The average molecular weight is 176 g/mol. The molecule has 0 aromatic rings. The molecule has 9 heavy (non-hydrogen) atoms. The molecule has 0 radical (unpaired) electrons. The standard InChI is InChI=1S/C4H9NO2.2ClH/c1-2-7-4(6)3-5;;/h2-3,5H2,1H3;2*1H. The Morgan fingerprint density at radius 2 is 2.00 bits per heavy atom. The topological polar surface area (TPSA) is 52.3 Å². The summed E-state index contributed by atoms with van der Waals surface area (Å²) in [6.07, 6.45) is 0. The summed E-state index contributed by atoms with van der Waals surface area (Å²) in [7, 11) is 0. The van der Waals surface area contributed by atoms with E-state index in [0.717, 1.165) is 0 Å². The van der Waals surface area contributed by atoms with Crippen LogP contribution < -0.4 is 5.73 Å². The lowest BCUT2D eigenvalue weighted by molar-refractivity contribution is -0.141. The van der Waals surface area contributed by atoms with Crippen LogP contribution in [0, 0.1) is 0 Å². The lowest BCUT2D eigenvalue weighted by atomic mass is 10.7. The first kappa shape index (κ1) is 16.0. The molecule has 0 heterocycles. The van der Waals surface area contributed by atoms with Gasteiger partial charge in [0, 0.05) is 0 Å². The van der Waals surface area contributed by atoms with Crippen molar-refractivity contribution >= 4 is 30.8 Å². The zero-order valence-electron chi connectivity index (χ0n) is 5.12. The third kappa shape index (κ3) is 11.5. The maximum absolute atomic E-state index is 10.1. The predicted octanol–water partition coefficient (Wildman–Crippen LogP) is 0.352. The Kier molecular flexibility index (Phi) is 19.4. The Morgan fingerprint density at radius 1 is 1.56 bits per heavy atom. The van der Waals surface area contributed by atoms with Gasteiger partial charge in [0.05, 0.1) is 13.2 Å². The summed E-state index contributed by atoms with van der Waals surface area (Å²) in [5, 5.41) is 0. The molecule has 0 amide bonds. The summed E-state index contributed by atoms with van der Waals surface area (Å²) in [4.78, 5) is 10.1. The summed E-state index contributed by atoms with van der Waals surface area (Å²) in [5.41, 5.74) is 4.88. The van der Waals surface area contributed by atoms with Gasteiger partial charge in [-0.2, -0.15) is 0 Å². The summed E-state index contributed by atoms with van der Waals surface area (Å²) in [6.45, 7) is 2.14. The van der Waals surface area contributed by atoms with Crippen LogP contribution in [-0.4, -0.2) is 19.1 Å². The van der Waals surface area contributed by atoms with Crippen molar-refractivity contribution in [3.8, 4) is 0 Å². The van der Waals surface area contributed by atoms with Crippen molar-refractivity contribution in [1.82, 2.24) is 0 Å². The fourth-order valence-corrected chi connectivity index (χ4v) is 0.220. The van der Waals surface area contributed by atoms with Crippen LogP contribution in [0.5, 0.6) is 0 Å². The third-order valence-corrected chi connectivity index (χ3v) is 0.472. The first-order chi connectivity index (χ1) is 3.31. The summed E-state index contributed by atoms with van der Waals surface area (Å²) in [6, 6.07) is 0. The maximum Gasteiger partial charge on any atom is 0.319 e. The number of carbonyl (C=O) groups excluding carboxylic acids is 1. The number of nitrogens with two attached hydrogens (primary N) is 1. The molecule has 0 fully saturated rings. The molecular weight excluding hydrogens is 165 g/mol. The Balaban J connectivity index is -0.000000180. The zero-order chi connectivity index (χ0) is 5.70. The molecule has 0 aliphatic carbocycles. The summed E-state index contributed by atoms with van der Waals surface area (Å²) < 4.78 is 4.43. The molecule has 58 valence electrons. The van der Waals surface area contributed by atoms with Crippen LogP contribution in [0.3, 0.4) is 0 Å². The number of rotatable bonds is 2. The van der Waals surface area contributed by atoms with Crippen molar-refractivity contribution in [2.75, 3.05) is 13.2 Å². The van der Waals surface area contributed by atoms with E-state index in [1.165, 1.54) is 0 Å². The molecule has 5 heteroatoms. The predicted molar refractivity (Wildman–Crippen MR) is 40.2 cm³/mol. The van der Waals surface area contributed by atoms with Crippen LogP contribution >= 0.6 is 24.8 Å². The van der Waals surface area contributed by atoms with Gasteiger partial charge < -0.3 is 10.5 Å². The van der Waals surface area contributed by atoms with Gasteiger partial charge in [-0.05, 0) is 6.92 Å².